The van der Waals surface area contributed by atoms with Gasteiger partial charge in [0, 0.05) is 6.54 Å². The summed E-state index contributed by atoms with van der Waals surface area (Å²) >= 11 is 0. The summed E-state index contributed by atoms with van der Waals surface area (Å²) in [6, 6.07) is 17.5. The Labute approximate surface area is 119 Å². The molecule has 0 heterocycles. The summed E-state index contributed by atoms with van der Waals surface area (Å²) in [5, 5.41) is 3.25. The predicted octanol–water partition coefficient (Wildman–Crippen LogP) is 2.57. The molecule has 1 atom stereocenters. The van der Waals surface area contributed by atoms with Gasteiger partial charge in [-0.15, -0.1) is 0 Å². The number of nitrogens with one attached hydrogen (secondary N) is 1. The largest absolute Gasteiger partial charge is 0.368 e. The Bertz CT molecular complexity index is 566. The average molecular weight is 268 g/mol. The first-order valence-corrected chi connectivity index (χ1v) is 6.86. The number of hydrogen-bond donors (Lipinski definition) is 2. The summed E-state index contributed by atoms with van der Waals surface area (Å²) < 4.78 is 0. The number of aryl methyl sites for hydroxylation is 1. The van der Waals surface area contributed by atoms with Crippen molar-refractivity contribution in [3.05, 3.63) is 71.3 Å². The van der Waals surface area contributed by atoms with Crippen LogP contribution in [-0.2, 0) is 17.8 Å². The molecule has 0 aliphatic rings. The molecule has 3 N–H and O–H groups in total. The smallest absolute Gasteiger partial charge is 0.239 e. The van der Waals surface area contributed by atoms with Crippen molar-refractivity contribution >= 4 is 5.91 Å². The quantitative estimate of drug-likeness (QED) is 0.846. The fourth-order valence-corrected chi connectivity index (χ4v) is 2.32. The van der Waals surface area contributed by atoms with E-state index in [0.29, 0.717) is 6.54 Å². The maximum Gasteiger partial charge on any atom is 0.239 e. The van der Waals surface area contributed by atoms with Crippen molar-refractivity contribution in [3.63, 3.8) is 0 Å². The number of nitrogens with two attached hydrogens (primary N) is 1. The molecule has 1 unspecified atom stereocenters. The minimum atomic E-state index is -0.452. The van der Waals surface area contributed by atoms with Crippen molar-refractivity contribution in [1.82, 2.24) is 5.32 Å². The van der Waals surface area contributed by atoms with Gasteiger partial charge in [-0.1, -0.05) is 61.5 Å². The molecule has 3 nitrogen and oxygen atoms in total. The van der Waals surface area contributed by atoms with Gasteiger partial charge in [0.15, 0.2) is 0 Å². The molecule has 2 aromatic carbocycles. The third-order valence-corrected chi connectivity index (χ3v) is 3.38. The van der Waals surface area contributed by atoms with E-state index >= 15 is 0 Å². The van der Waals surface area contributed by atoms with Gasteiger partial charge in [-0.3, -0.25) is 10.1 Å². The molecule has 20 heavy (non-hydrogen) atoms. The molecule has 0 aliphatic heterocycles. The number of primary amides is 1. The van der Waals surface area contributed by atoms with Crippen LogP contribution >= 0.6 is 0 Å². The number of rotatable bonds is 6. The lowest BCUT2D eigenvalue weighted by Gasteiger charge is -2.19. The Balaban J connectivity index is 2.17. The Morgan fingerprint density at radius 1 is 1.10 bits per heavy atom. The molecule has 104 valence electrons. The first kappa shape index (κ1) is 14.3. The summed E-state index contributed by atoms with van der Waals surface area (Å²) in [6.07, 6.45) is 0.882. The Morgan fingerprint density at radius 3 is 2.40 bits per heavy atom. The maximum absolute atomic E-state index is 11.7. The van der Waals surface area contributed by atoms with Gasteiger partial charge in [0.1, 0.15) is 6.04 Å². The van der Waals surface area contributed by atoms with Crippen molar-refractivity contribution < 1.29 is 4.79 Å². The molecule has 0 bridgehead atoms. The molecule has 0 saturated heterocycles. The minimum absolute atomic E-state index is 0.346. The zero-order valence-electron chi connectivity index (χ0n) is 11.7. The molecular formula is C17H20N2O. The van der Waals surface area contributed by atoms with Crippen molar-refractivity contribution in [1.29, 1.82) is 0 Å². The number of benzene rings is 2. The average Bonchev–Trinajstić information content (AvgIpc) is 2.48. The topological polar surface area (TPSA) is 55.1 Å². The van der Waals surface area contributed by atoms with E-state index in [-0.39, 0.29) is 5.91 Å². The van der Waals surface area contributed by atoms with E-state index in [1.807, 2.05) is 54.6 Å². The fraction of sp³-hybridized carbons (Fsp3) is 0.235. The molecule has 0 spiro atoms. The maximum atomic E-state index is 11.7. The van der Waals surface area contributed by atoms with Gasteiger partial charge in [0.25, 0.3) is 0 Å². The van der Waals surface area contributed by atoms with E-state index in [1.54, 1.807) is 0 Å². The molecule has 0 fully saturated rings. The van der Waals surface area contributed by atoms with Crippen LogP contribution in [0.25, 0.3) is 0 Å². The van der Waals surface area contributed by atoms with Crippen molar-refractivity contribution in [2.75, 3.05) is 0 Å². The van der Waals surface area contributed by atoms with Crippen LogP contribution in [0.2, 0.25) is 0 Å². The van der Waals surface area contributed by atoms with Gasteiger partial charge in [0.05, 0.1) is 0 Å². The summed E-state index contributed by atoms with van der Waals surface area (Å²) in [6.45, 7) is 2.70. The van der Waals surface area contributed by atoms with Gasteiger partial charge in [0.2, 0.25) is 5.91 Å². The molecule has 0 aromatic heterocycles. The highest BCUT2D eigenvalue weighted by Crippen LogP contribution is 2.19. The molecule has 0 aliphatic carbocycles. The van der Waals surface area contributed by atoms with Gasteiger partial charge in [-0.05, 0) is 23.1 Å². The van der Waals surface area contributed by atoms with Crippen LogP contribution < -0.4 is 11.1 Å². The van der Waals surface area contributed by atoms with Gasteiger partial charge < -0.3 is 5.73 Å². The van der Waals surface area contributed by atoms with E-state index in [4.69, 9.17) is 5.73 Å². The second-order valence-electron chi connectivity index (χ2n) is 4.75. The Morgan fingerprint density at radius 2 is 1.75 bits per heavy atom. The summed E-state index contributed by atoms with van der Waals surface area (Å²) in [5.74, 6) is -0.346. The lowest BCUT2D eigenvalue weighted by molar-refractivity contribution is -0.120. The number of hydrogen-bond acceptors (Lipinski definition) is 2. The number of carbonyl (C=O) groups is 1. The zero-order chi connectivity index (χ0) is 14.4. The Hall–Kier alpha value is -2.13. The zero-order valence-corrected chi connectivity index (χ0v) is 11.7. The monoisotopic (exact) mass is 268 g/mol. The van der Waals surface area contributed by atoms with Crippen LogP contribution in [0.1, 0.15) is 29.7 Å². The van der Waals surface area contributed by atoms with Crippen LogP contribution in [0.5, 0.6) is 0 Å². The van der Waals surface area contributed by atoms with Crippen molar-refractivity contribution in [2.45, 2.75) is 25.9 Å². The van der Waals surface area contributed by atoms with E-state index in [2.05, 4.69) is 12.2 Å². The highest BCUT2D eigenvalue weighted by Gasteiger charge is 2.19. The normalized spacial score (nSPS) is 12.1. The third-order valence-electron chi connectivity index (χ3n) is 3.38. The summed E-state index contributed by atoms with van der Waals surface area (Å²) in [7, 11) is 0. The second-order valence-corrected chi connectivity index (χ2v) is 4.75. The summed E-state index contributed by atoms with van der Waals surface area (Å²) in [5.41, 5.74) is 8.81. The van der Waals surface area contributed by atoms with Crippen LogP contribution in [0.3, 0.4) is 0 Å². The van der Waals surface area contributed by atoms with Crippen LogP contribution in [0.4, 0.5) is 0 Å². The lowest BCUT2D eigenvalue weighted by atomic mass is 9.98. The van der Waals surface area contributed by atoms with Crippen molar-refractivity contribution in [3.8, 4) is 0 Å². The molecule has 0 saturated carbocycles. The lowest BCUT2D eigenvalue weighted by Crippen LogP contribution is -2.34. The third kappa shape index (κ3) is 3.45. The first-order chi connectivity index (χ1) is 9.72. The molecule has 2 rings (SSSR count). The van der Waals surface area contributed by atoms with Crippen molar-refractivity contribution in [2.24, 2.45) is 5.73 Å². The van der Waals surface area contributed by atoms with E-state index in [0.717, 1.165) is 23.1 Å². The van der Waals surface area contributed by atoms with Crippen LogP contribution in [-0.4, -0.2) is 5.91 Å². The minimum Gasteiger partial charge on any atom is -0.368 e. The molecule has 3 heteroatoms. The molecular weight excluding hydrogens is 248 g/mol. The van der Waals surface area contributed by atoms with Crippen LogP contribution in [0, 0.1) is 0 Å². The SMILES string of the molecule is CCc1ccccc1C(NCc1ccccc1)C(N)=O. The van der Waals surface area contributed by atoms with E-state index < -0.39 is 6.04 Å². The second kappa shape index (κ2) is 6.87. The first-order valence-electron chi connectivity index (χ1n) is 6.86. The predicted molar refractivity (Wildman–Crippen MR) is 81.0 cm³/mol. The molecule has 1 amide bonds. The number of carbonyl (C=O) groups excluding carboxylic acids is 1. The van der Waals surface area contributed by atoms with Gasteiger partial charge >= 0.3 is 0 Å². The molecule has 0 radical (unpaired) electrons. The van der Waals surface area contributed by atoms with Crippen LogP contribution in [0.15, 0.2) is 54.6 Å². The number of amides is 1. The highest BCUT2D eigenvalue weighted by atomic mass is 16.1. The van der Waals surface area contributed by atoms with Gasteiger partial charge in [-0.25, -0.2) is 0 Å². The Kier molecular flexibility index (Phi) is 4.91. The standard InChI is InChI=1S/C17H20N2O/c1-2-14-10-6-7-11-15(14)16(17(18)20)19-12-13-8-4-3-5-9-13/h3-11,16,19H,2,12H2,1H3,(H2,18,20). The summed E-state index contributed by atoms with van der Waals surface area (Å²) in [4.78, 5) is 11.7. The fourth-order valence-electron chi connectivity index (χ4n) is 2.32. The highest BCUT2D eigenvalue weighted by molar-refractivity contribution is 5.81. The van der Waals surface area contributed by atoms with Gasteiger partial charge in [-0.2, -0.15) is 0 Å². The van der Waals surface area contributed by atoms with E-state index in [9.17, 15) is 4.79 Å². The molecule has 2 aromatic rings. The van der Waals surface area contributed by atoms with E-state index in [1.165, 1.54) is 0 Å².